The van der Waals surface area contributed by atoms with Crippen LogP contribution in [0.4, 0.5) is 0 Å². The Morgan fingerprint density at radius 3 is 2.25 bits per heavy atom. The number of fused-ring (bicyclic) bond motifs is 3. The van der Waals surface area contributed by atoms with E-state index in [-0.39, 0.29) is 14.9 Å². The van der Waals surface area contributed by atoms with Gasteiger partial charge in [-0.15, -0.1) is 5.56 Å². The molecule has 3 aromatic carbocycles. The van der Waals surface area contributed by atoms with Gasteiger partial charge in [-0.25, -0.2) is 0 Å². The quantitative estimate of drug-likeness (QED) is 0.148. The van der Waals surface area contributed by atoms with E-state index in [1.165, 1.54) is 57.3 Å². The summed E-state index contributed by atoms with van der Waals surface area (Å²) in [5.41, 5.74) is 13.1. The van der Waals surface area contributed by atoms with Crippen LogP contribution in [-0.4, -0.2) is 0 Å². The summed E-state index contributed by atoms with van der Waals surface area (Å²) in [5.74, 6) is 0. The van der Waals surface area contributed by atoms with E-state index in [4.69, 9.17) is 0 Å². The van der Waals surface area contributed by atoms with Crippen LogP contribution in [0, 0.1) is 33.8 Å². The standard InChI is InChI=1S/C13H9.C12H19.2HI.Zr/c1-3-7-12-10(5-1)9-11-6-2-4-8-13(11)12;1-6-7-12-10(4)8(2)9(3)11(12)5;;;/h1-5,7-8H,9H2;6-7H2,1-5H3;2*1H;/q2*-1;;;+4/p-2. The molecule has 4 rings (SSSR count). The third-order valence-electron chi connectivity index (χ3n) is 5.71. The molecule has 0 spiro atoms. The van der Waals surface area contributed by atoms with E-state index in [0.717, 1.165) is 6.42 Å². The summed E-state index contributed by atoms with van der Waals surface area (Å²) >= 11 is 5.06. The van der Waals surface area contributed by atoms with E-state index < -0.39 is 0 Å². The molecule has 0 heterocycles. The van der Waals surface area contributed by atoms with Gasteiger partial charge in [-0.05, 0) is 6.42 Å². The van der Waals surface area contributed by atoms with Crippen molar-refractivity contribution in [2.45, 2.75) is 53.9 Å². The van der Waals surface area contributed by atoms with Gasteiger partial charge in [0.2, 0.25) is 0 Å². The van der Waals surface area contributed by atoms with Crippen molar-refractivity contribution in [3.8, 4) is 11.1 Å². The molecule has 3 aromatic rings. The van der Waals surface area contributed by atoms with Gasteiger partial charge < -0.3 is 0 Å². The second-order valence-corrected chi connectivity index (χ2v) is 26.1. The molecule has 3 heteroatoms. The Bertz CT molecular complexity index is 840. The molecule has 0 atom stereocenters. The molecule has 0 aromatic heterocycles. The van der Waals surface area contributed by atoms with Crippen LogP contribution in [0.3, 0.4) is 0 Å². The van der Waals surface area contributed by atoms with Crippen molar-refractivity contribution in [1.82, 2.24) is 0 Å². The molecule has 1 aliphatic rings. The van der Waals surface area contributed by atoms with Crippen molar-refractivity contribution in [2.24, 2.45) is 0 Å². The van der Waals surface area contributed by atoms with Crippen LogP contribution >= 0.6 is 36.1 Å². The first kappa shape index (κ1) is 24.4. The fraction of sp³-hybridized carbons (Fsp3) is 0.320. The Kier molecular flexibility index (Phi) is 10.5. The molecule has 0 nitrogen and oxygen atoms in total. The smallest absolute Gasteiger partial charge is 0.0253 e. The van der Waals surface area contributed by atoms with E-state index in [1.54, 1.807) is 5.56 Å². The average molecular weight is 674 g/mol. The topological polar surface area (TPSA) is 0 Å². The van der Waals surface area contributed by atoms with Crippen LogP contribution in [0.15, 0.2) is 42.5 Å². The summed E-state index contributed by atoms with van der Waals surface area (Å²) in [7, 11) is 0. The summed E-state index contributed by atoms with van der Waals surface area (Å²) < 4.78 is 0. The van der Waals surface area contributed by atoms with E-state index in [1.807, 2.05) is 6.07 Å². The minimum atomic E-state index is 0.170. The maximum atomic E-state index is 3.30. The van der Waals surface area contributed by atoms with E-state index >= 15 is 0 Å². The zero-order chi connectivity index (χ0) is 20.7. The zero-order valence-electron chi connectivity index (χ0n) is 17.4. The number of benzene rings is 2. The SMILES string of the molecule is CCCc1c(C)c(C)c(C)[c-]1C.[I][Zr+2][I].[c-]1cccc2c1Cc1ccccc1-2. The Labute approximate surface area is 201 Å². The third-order valence-corrected chi connectivity index (χ3v) is 5.71. The second kappa shape index (κ2) is 12.1. The van der Waals surface area contributed by atoms with Crippen LogP contribution in [0.2, 0.25) is 0 Å². The van der Waals surface area contributed by atoms with Crippen LogP contribution in [-0.2, 0) is 27.7 Å². The molecule has 1 aliphatic carbocycles. The number of halogens is 2. The first-order valence-electron chi connectivity index (χ1n) is 9.72. The van der Waals surface area contributed by atoms with Crippen molar-refractivity contribution in [3.05, 3.63) is 87.5 Å². The molecule has 0 aliphatic heterocycles. The molecule has 0 saturated carbocycles. The fourth-order valence-corrected chi connectivity index (χ4v) is 3.92. The van der Waals surface area contributed by atoms with Gasteiger partial charge in [0.25, 0.3) is 0 Å². The van der Waals surface area contributed by atoms with Crippen molar-refractivity contribution in [3.63, 3.8) is 0 Å². The molecule has 0 fully saturated rings. The Balaban J connectivity index is 0.000000177. The van der Waals surface area contributed by atoms with Crippen molar-refractivity contribution < 1.29 is 14.9 Å². The van der Waals surface area contributed by atoms with Crippen molar-refractivity contribution >= 4 is 36.1 Å². The van der Waals surface area contributed by atoms with Gasteiger partial charge in [0, 0.05) is 0 Å². The third kappa shape index (κ3) is 5.85. The molecule has 146 valence electrons. The molecule has 0 radical (unpaired) electrons. The maximum Gasteiger partial charge on any atom is -0.0253 e. The molecular formula is C25H28I2Zr. The predicted octanol–water partition coefficient (Wildman–Crippen LogP) is 8.42. The van der Waals surface area contributed by atoms with E-state index in [2.05, 4.69) is 113 Å². The molecule has 0 N–H and O–H groups in total. The van der Waals surface area contributed by atoms with Crippen LogP contribution in [0.1, 0.15) is 52.3 Å². The second-order valence-electron chi connectivity index (χ2n) is 7.20. The fourth-order valence-electron chi connectivity index (χ4n) is 3.92. The first-order valence-corrected chi connectivity index (χ1v) is 24.3. The minimum Gasteiger partial charge on any atom is -0.179 e. The minimum absolute atomic E-state index is 0.170. The number of hydrogen-bond donors (Lipinski definition) is 0. The normalized spacial score (nSPS) is 10.7. The zero-order valence-corrected chi connectivity index (χ0v) is 24.2. The van der Waals surface area contributed by atoms with E-state index in [0.29, 0.717) is 0 Å². The summed E-state index contributed by atoms with van der Waals surface area (Å²) in [4.78, 5) is 0. The van der Waals surface area contributed by atoms with Gasteiger partial charge in [-0.3, -0.25) is 0 Å². The Morgan fingerprint density at radius 2 is 1.64 bits per heavy atom. The van der Waals surface area contributed by atoms with Crippen molar-refractivity contribution in [2.75, 3.05) is 0 Å². The van der Waals surface area contributed by atoms with Crippen LogP contribution in [0.25, 0.3) is 11.1 Å². The van der Waals surface area contributed by atoms with Gasteiger partial charge in [0.1, 0.15) is 0 Å². The molecule has 0 bridgehead atoms. The summed E-state index contributed by atoms with van der Waals surface area (Å²) in [5, 5.41) is 0. The predicted molar refractivity (Wildman–Crippen MR) is 137 cm³/mol. The molecule has 0 saturated heterocycles. The molecular weight excluding hydrogens is 645 g/mol. The van der Waals surface area contributed by atoms with Crippen LogP contribution < -0.4 is 0 Å². The molecule has 0 unspecified atom stereocenters. The van der Waals surface area contributed by atoms with Gasteiger partial charge in [0.05, 0.1) is 0 Å². The Hall–Kier alpha value is 0.133. The van der Waals surface area contributed by atoms with Gasteiger partial charge in [-0.2, -0.15) is 57.6 Å². The van der Waals surface area contributed by atoms with Gasteiger partial charge >= 0.3 is 50.9 Å². The van der Waals surface area contributed by atoms with Crippen molar-refractivity contribution in [1.29, 1.82) is 0 Å². The first-order chi connectivity index (χ1) is 13.5. The maximum absolute atomic E-state index is 3.30. The number of hydrogen-bond acceptors (Lipinski definition) is 0. The Morgan fingerprint density at radius 1 is 1.00 bits per heavy atom. The summed E-state index contributed by atoms with van der Waals surface area (Å²) in [6.07, 6.45) is 3.54. The van der Waals surface area contributed by atoms with E-state index in [9.17, 15) is 0 Å². The van der Waals surface area contributed by atoms with Gasteiger partial charge in [-0.1, -0.05) is 82.9 Å². The largest absolute Gasteiger partial charge is 0.179 e. The number of rotatable bonds is 2. The average Bonchev–Trinajstić information content (AvgIpc) is 3.17. The monoisotopic (exact) mass is 672 g/mol. The summed E-state index contributed by atoms with van der Waals surface area (Å²) in [6, 6.07) is 18.1. The molecule has 0 amide bonds. The van der Waals surface area contributed by atoms with Gasteiger partial charge in [0.15, 0.2) is 0 Å². The molecule has 28 heavy (non-hydrogen) atoms. The van der Waals surface area contributed by atoms with Crippen LogP contribution in [0.5, 0.6) is 0 Å². The summed E-state index contributed by atoms with van der Waals surface area (Å²) in [6.45, 7) is 11.2.